The molecule has 1 aliphatic carbocycles. The highest BCUT2D eigenvalue weighted by Crippen LogP contribution is 2.41. The van der Waals surface area contributed by atoms with E-state index in [0.29, 0.717) is 29.3 Å². The number of β-lactam (4-membered cyclic amide) rings is 1. The average Bonchev–Trinajstić information content (AvgIpc) is 3.74. The van der Waals surface area contributed by atoms with Gasteiger partial charge in [0, 0.05) is 16.9 Å². The summed E-state index contributed by atoms with van der Waals surface area (Å²) in [6, 6.07) is -1.00. The summed E-state index contributed by atoms with van der Waals surface area (Å²) in [7, 11) is 0. The van der Waals surface area contributed by atoms with E-state index in [1.54, 1.807) is 0 Å². The minimum absolute atomic E-state index is 0.146. The van der Waals surface area contributed by atoms with E-state index in [-0.39, 0.29) is 47.2 Å². The predicted octanol–water partition coefficient (Wildman–Crippen LogP) is -0.340. The highest BCUT2D eigenvalue weighted by Gasteiger charge is 2.54. The van der Waals surface area contributed by atoms with Gasteiger partial charge in [0.2, 0.25) is 11.6 Å². The number of carboxylic acids is 1. The highest BCUT2D eigenvalue weighted by molar-refractivity contribution is 8.01. The van der Waals surface area contributed by atoms with Crippen molar-refractivity contribution < 1.29 is 34.2 Å². The first-order valence-electron chi connectivity index (χ1n) is 12.2. The zero-order valence-electron chi connectivity index (χ0n) is 21.1. The number of nitrogens with one attached hydrogen (secondary N) is 2. The standard InChI is InChI=1S/C22H23N9O7S3/c32-6-5-30-22(26-28-29-30)41-8-11-7-39-19-15(18(35)31(19)16(11)20(36)37)25-17(34)14(27-38-12-3-1-2-4-12)13-9-40-21(24-13)23-10-33/h1,3,9-10,12,15,19,32H,2,4-8H2,(H,25,34)(H,36,37)(H,23,24,33)/t12?,15?,19-/m1/s1. The van der Waals surface area contributed by atoms with Gasteiger partial charge in [0.15, 0.2) is 10.8 Å². The number of aliphatic hydroxyl groups excluding tert-OH is 1. The molecule has 16 nitrogen and oxygen atoms in total. The van der Waals surface area contributed by atoms with Gasteiger partial charge in [-0.3, -0.25) is 19.3 Å². The molecule has 216 valence electrons. The van der Waals surface area contributed by atoms with Gasteiger partial charge in [0.05, 0.1) is 13.2 Å². The van der Waals surface area contributed by atoms with Crippen LogP contribution in [0.15, 0.2) is 39.1 Å². The number of carbonyl (C=O) groups is 4. The molecule has 3 aliphatic rings. The maximum Gasteiger partial charge on any atom is 0.352 e. The third-order valence-electron chi connectivity index (χ3n) is 6.12. The number of aromatic nitrogens is 5. The van der Waals surface area contributed by atoms with E-state index >= 15 is 0 Å². The molecule has 3 amide bonds. The molecule has 0 saturated carbocycles. The Morgan fingerprint density at radius 3 is 2.95 bits per heavy atom. The average molecular weight is 622 g/mol. The smallest absolute Gasteiger partial charge is 0.352 e. The third-order valence-corrected chi connectivity index (χ3v) is 9.27. The summed E-state index contributed by atoms with van der Waals surface area (Å²) in [4.78, 5) is 60.4. The number of carbonyl (C=O) groups excluding carboxylic acids is 3. The maximum absolute atomic E-state index is 13.3. The third kappa shape index (κ3) is 6.11. The van der Waals surface area contributed by atoms with Crippen LogP contribution in [0.25, 0.3) is 0 Å². The van der Waals surface area contributed by atoms with E-state index < -0.39 is 29.2 Å². The summed E-state index contributed by atoms with van der Waals surface area (Å²) in [6.45, 7) is 0.0243. The topological polar surface area (TPSA) is 214 Å². The van der Waals surface area contributed by atoms with Gasteiger partial charge in [0.25, 0.3) is 11.8 Å². The monoisotopic (exact) mass is 621 g/mol. The fourth-order valence-electron chi connectivity index (χ4n) is 4.21. The van der Waals surface area contributed by atoms with Crippen molar-refractivity contribution in [2.45, 2.75) is 42.1 Å². The number of rotatable bonds is 13. The van der Waals surface area contributed by atoms with Crippen molar-refractivity contribution in [1.82, 2.24) is 35.4 Å². The lowest BCUT2D eigenvalue weighted by Crippen LogP contribution is -2.71. The Balaban J connectivity index is 1.30. The van der Waals surface area contributed by atoms with E-state index in [4.69, 9.17) is 9.94 Å². The first kappa shape index (κ1) is 28.7. The second kappa shape index (κ2) is 12.8. The van der Waals surface area contributed by atoms with Crippen molar-refractivity contribution in [1.29, 1.82) is 0 Å². The van der Waals surface area contributed by atoms with Crippen molar-refractivity contribution in [3.63, 3.8) is 0 Å². The van der Waals surface area contributed by atoms with Gasteiger partial charge in [-0.25, -0.2) is 14.5 Å². The number of fused-ring (bicyclic) bond motifs is 1. The Kier molecular flexibility index (Phi) is 8.96. The fourth-order valence-corrected chi connectivity index (χ4v) is 7.25. The molecule has 4 heterocycles. The van der Waals surface area contributed by atoms with E-state index in [2.05, 4.69) is 36.3 Å². The number of hydrogen-bond donors (Lipinski definition) is 4. The van der Waals surface area contributed by atoms with Gasteiger partial charge >= 0.3 is 5.97 Å². The summed E-state index contributed by atoms with van der Waals surface area (Å²) in [5.41, 5.74) is 0.317. The number of thiazole rings is 1. The minimum atomic E-state index is -1.27. The second-order valence-corrected chi connectivity index (χ2v) is 11.6. The molecular weight excluding hydrogens is 598 g/mol. The Bertz CT molecular complexity index is 1440. The van der Waals surface area contributed by atoms with Crippen molar-refractivity contribution in [3.8, 4) is 0 Å². The van der Waals surface area contributed by atoms with Gasteiger partial charge < -0.3 is 25.7 Å². The molecule has 0 aromatic carbocycles. The van der Waals surface area contributed by atoms with E-state index in [0.717, 1.165) is 17.8 Å². The first-order valence-corrected chi connectivity index (χ1v) is 15.1. The molecule has 1 fully saturated rings. The van der Waals surface area contributed by atoms with Crippen LogP contribution in [0.4, 0.5) is 5.13 Å². The molecule has 4 N–H and O–H groups in total. The molecule has 5 rings (SSSR count). The maximum atomic E-state index is 13.3. The number of oxime groups is 1. The van der Waals surface area contributed by atoms with Crippen LogP contribution in [0.3, 0.4) is 0 Å². The summed E-state index contributed by atoms with van der Waals surface area (Å²) >= 11 is 3.59. The van der Waals surface area contributed by atoms with Gasteiger partial charge in [-0.2, -0.15) is 0 Å². The summed E-state index contributed by atoms with van der Waals surface area (Å²) in [5.74, 6) is -2.08. The molecule has 2 aromatic rings. The van der Waals surface area contributed by atoms with Crippen LogP contribution in [-0.4, -0.2) is 106 Å². The van der Waals surface area contributed by atoms with Crippen molar-refractivity contribution in [2.75, 3.05) is 23.4 Å². The number of thioether (sulfide) groups is 2. The van der Waals surface area contributed by atoms with Gasteiger partial charge in [-0.1, -0.05) is 23.0 Å². The minimum Gasteiger partial charge on any atom is -0.477 e. The molecule has 19 heteroatoms. The zero-order chi connectivity index (χ0) is 28.9. The number of aliphatic carboxylic acids is 1. The molecule has 1 saturated heterocycles. The van der Waals surface area contributed by atoms with Crippen LogP contribution in [0.1, 0.15) is 18.5 Å². The zero-order valence-corrected chi connectivity index (χ0v) is 23.5. The molecule has 2 aromatic heterocycles. The van der Waals surface area contributed by atoms with Crippen LogP contribution in [-0.2, 0) is 30.6 Å². The molecular formula is C22H23N9O7S3. The number of nitrogens with zero attached hydrogens (tertiary/aromatic N) is 7. The van der Waals surface area contributed by atoms with Crippen LogP contribution in [0.2, 0.25) is 0 Å². The van der Waals surface area contributed by atoms with Crippen LogP contribution >= 0.6 is 34.9 Å². The Morgan fingerprint density at radius 1 is 1.37 bits per heavy atom. The molecule has 0 spiro atoms. The normalized spacial score (nSPS) is 21.9. The molecule has 41 heavy (non-hydrogen) atoms. The lowest BCUT2D eigenvalue weighted by molar-refractivity contribution is -0.150. The van der Waals surface area contributed by atoms with Crippen molar-refractivity contribution in [2.24, 2.45) is 5.16 Å². The Morgan fingerprint density at radius 2 is 2.22 bits per heavy atom. The lowest BCUT2D eigenvalue weighted by atomic mass is 10.0. The van der Waals surface area contributed by atoms with Crippen molar-refractivity contribution in [3.05, 3.63) is 34.5 Å². The fraction of sp³-hybridized carbons (Fsp3) is 0.409. The Labute approximate surface area is 244 Å². The number of hydrogen-bond acceptors (Lipinski definition) is 14. The lowest BCUT2D eigenvalue weighted by Gasteiger charge is -2.49. The number of allylic oxidation sites excluding steroid dienone is 1. The van der Waals surface area contributed by atoms with Crippen LogP contribution < -0.4 is 10.6 Å². The van der Waals surface area contributed by atoms with Gasteiger partial charge in [-0.15, -0.1) is 28.2 Å². The van der Waals surface area contributed by atoms with E-state index in [1.165, 1.54) is 38.5 Å². The van der Waals surface area contributed by atoms with Crippen molar-refractivity contribution >= 4 is 69.9 Å². The number of tetrazole rings is 1. The molecule has 0 bridgehead atoms. The summed E-state index contributed by atoms with van der Waals surface area (Å²) < 4.78 is 1.40. The van der Waals surface area contributed by atoms with Gasteiger partial charge in [0.1, 0.15) is 28.9 Å². The Hall–Kier alpha value is -3.81. The molecule has 2 unspecified atom stereocenters. The van der Waals surface area contributed by atoms with Crippen LogP contribution in [0.5, 0.6) is 0 Å². The molecule has 2 aliphatic heterocycles. The SMILES string of the molecule is O=CNc1nc(C(=NOC2C=CCC2)C(=O)NC2C(=O)N3C(C(=O)O)=C(CSc4nnnn4CCO)CS[C@H]23)cs1. The summed E-state index contributed by atoms with van der Waals surface area (Å²) in [5, 5.41) is 41.0. The predicted molar refractivity (Wildman–Crippen MR) is 147 cm³/mol. The van der Waals surface area contributed by atoms with E-state index in [1.807, 2.05) is 12.2 Å². The molecule has 0 radical (unpaired) electrons. The highest BCUT2D eigenvalue weighted by atomic mass is 32.2. The number of carboxylic acid groups (broad SMARTS) is 1. The van der Waals surface area contributed by atoms with Gasteiger partial charge in [-0.05, 0) is 34.9 Å². The largest absolute Gasteiger partial charge is 0.477 e. The number of anilines is 1. The molecule has 3 atom stereocenters. The summed E-state index contributed by atoms with van der Waals surface area (Å²) in [6.07, 6.45) is 5.42. The van der Waals surface area contributed by atoms with E-state index in [9.17, 15) is 24.3 Å². The van der Waals surface area contributed by atoms with Crippen LogP contribution in [0, 0.1) is 0 Å². The first-order chi connectivity index (χ1) is 19.9. The number of amides is 3. The number of aliphatic hydroxyl groups is 1. The quantitative estimate of drug-likeness (QED) is 0.0563. The second-order valence-electron chi connectivity index (χ2n) is 8.70.